The highest BCUT2D eigenvalue weighted by Gasteiger charge is 2.27. The number of carboxylic acids is 1. The van der Waals surface area contributed by atoms with E-state index >= 15 is 0 Å². The predicted octanol–water partition coefficient (Wildman–Crippen LogP) is 6.72. The summed E-state index contributed by atoms with van der Waals surface area (Å²) in [7, 11) is 0. The predicted molar refractivity (Wildman–Crippen MR) is 127 cm³/mol. The van der Waals surface area contributed by atoms with E-state index in [4.69, 9.17) is 5.11 Å². The summed E-state index contributed by atoms with van der Waals surface area (Å²) in [5.41, 5.74) is 4.54. The monoisotopic (exact) mass is 430 g/mol. The first-order valence-electron chi connectivity index (χ1n) is 9.85. The molecule has 150 valence electrons. The molecule has 1 aliphatic heterocycles. The molecule has 0 aliphatic carbocycles. The van der Waals surface area contributed by atoms with Crippen molar-refractivity contribution in [2.75, 3.05) is 0 Å². The summed E-state index contributed by atoms with van der Waals surface area (Å²) in [5.74, 6) is 5.46. The van der Waals surface area contributed by atoms with Gasteiger partial charge >= 0.3 is 5.97 Å². The van der Waals surface area contributed by atoms with Crippen molar-refractivity contribution in [3.63, 3.8) is 0 Å². The van der Waals surface area contributed by atoms with Crippen molar-refractivity contribution in [2.45, 2.75) is 36.8 Å². The molecule has 1 N–H and O–H groups in total. The van der Waals surface area contributed by atoms with Gasteiger partial charge in [0.2, 0.25) is 0 Å². The van der Waals surface area contributed by atoms with Crippen molar-refractivity contribution in [3.05, 3.63) is 92.7 Å². The number of rotatable bonds is 3. The number of hydrogen-bond acceptors (Lipinski definition) is 3. The number of fused-ring (bicyclic) bond motifs is 1. The summed E-state index contributed by atoms with van der Waals surface area (Å²) < 4.78 is 0.0395. The Labute approximate surface area is 185 Å². The summed E-state index contributed by atoms with van der Waals surface area (Å²) in [6, 6.07) is 17.5. The highest BCUT2D eigenvalue weighted by molar-refractivity contribution is 8.01. The molecule has 0 atom stereocenters. The Morgan fingerprint density at radius 2 is 1.70 bits per heavy atom. The third kappa shape index (κ3) is 4.38. The zero-order valence-corrected chi connectivity index (χ0v) is 18.8. The van der Waals surface area contributed by atoms with Gasteiger partial charge in [0.1, 0.15) is 0 Å². The lowest BCUT2D eigenvalue weighted by Gasteiger charge is -2.29. The minimum absolute atomic E-state index is 0.0395. The summed E-state index contributed by atoms with van der Waals surface area (Å²) in [5, 5.41) is 9.03. The molecule has 3 aromatic rings. The number of aryl methyl sites for hydroxylation is 1. The summed E-state index contributed by atoms with van der Waals surface area (Å²) in [6.07, 6.45) is 3.42. The van der Waals surface area contributed by atoms with E-state index in [2.05, 4.69) is 69.0 Å². The van der Waals surface area contributed by atoms with Crippen LogP contribution < -0.4 is 0 Å². The average Bonchev–Trinajstić information content (AvgIpc) is 3.20. The highest BCUT2D eigenvalue weighted by Crippen LogP contribution is 2.47. The molecule has 0 saturated heterocycles. The minimum atomic E-state index is -0.927. The molecule has 4 rings (SSSR count). The molecule has 0 fully saturated rings. The molecule has 2 heterocycles. The SMILES string of the molecule is CCc1ccc(C2=CC(C)(C)Sc3ccc(C#Cc4ccc(C(=O)O)cc4)cc32)s1. The fourth-order valence-electron chi connectivity index (χ4n) is 3.40. The van der Waals surface area contributed by atoms with Crippen molar-refractivity contribution in [3.8, 4) is 11.8 Å². The Morgan fingerprint density at radius 1 is 1.00 bits per heavy atom. The quantitative estimate of drug-likeness (QED) is 0.468. The molecule has 1 aliphatic rings. The van der Waals surface area contributed by atoms with Crippen LogP contribution in [0.2, 0.25) is 0 Å². The number of thioether (sulfide) groups is 1. The molecule has 1 aromatic heterocycles. The minimum Gasteiger partial charge on any atom is -0.478 e. The van der Waals surface area contributed by atoms with Gasteiger partial charge in [0.25, 0.3) is 0 Å². The van der Waals surface area contributed by atoms with Crippen molar-refractivity contribution in [1.82, 2.24) is 0 Å². The van der Waals surface area contributed by atoms with Gasteiger partial charge < -0.3 is 5.11 Å². The number of carboxylic acid groups (broad SMARTS) is 1. The van der Waals surface area contributed by atoms with E-state index in [9.17, 15) is 4.79 Å². The van der Waals surface area contributed by atoms with Crippen LogP contribution in [0.5, 0.6) is 0 Å². The molecule has 4 heteroatoms. The average molecular weight is 431 g/mol. The molecular weight excluding hydrogens is 408 g/mol. The van der Waals surface area contributed by atoms with Gasteiger partial charge in [0.05, 0.1) is 5.56 Å². The molecule has 2 aromatic carbocycles. The van der Waals surface area contributed by atoms with Gasteiger partial charge in [0.15, 0.2) is 0 Å². The van der Waals surface area contributed by atoms with Crippen molar-refractivity contribution >= 4 is 34.6 Å². The van der Waals surface area contributed by atoms with E-state index in [-0.39, 0.29) is 10.3 Å². The largest absolute Gasteiger partial charge is 0.478 e. The van der Waals surface area contributed by atoms with Gasteiger partial charge in [0, 0.05) is 30.5 Å². The number of benzene rings is 2. The molecule has 0 bridgehead atoms. The van der Waals surface area contributed by atoms with Crippen molar-refractivity contribution in [1.29, 1.82) is 0 Å². The van der Waals surface area contributed by atoms with Crippen LogP contribution in [0.1, 0.15) is 57.6 Å². The number of aromatic carboxylic acids is 1. The van der Waals surface area contributed by atoms with Gasteiger partial charge in [-0.3, -0.25) is 0 Å². The molecule has 0 spiro atoms. The van der Waals surface area contributed by atoms with Gasteiger partial charge in [-0.15, -0.1) is 23.1 Å². The molecular formula is C26H22O2S2. The van der Waals surface area contributed by atoms with Gasteiger partial charge in [-0.25, -0.2) is 4.79 Å². The van der Waals surface area contributed by atoms with E-state index in [0.29, 0.717) is 0 Å². The van der Waals surface area contributed by atoms with E-state index in [0.717, 1.165) is 17.5 Å². The second-order valence-electron chi connectivity index (χ2n) is 7.73. The maximum Gasteiger partial charge on any atom is 0.335 e. The number of carbonyl (C=O) groups is 1. The first-order chi connectivity index (χ1) is 14.3. The maximum absolute atomic E-state index is 11.0. The summed E-state index contributed by atoms with van der Waals surface area (Å²) in [4.78, 5) is 15.0. The second kappa shape index (κ2) is 8.18. The van der Waals surface area contributed by atoms with Crippen LogP contribution >= 0.6 is 23.1 Å². The van der Waals surface area contributed by atoms with Crippen LogP contribution in [0.3, 0.4) is 0 Å². The zero-order valence-electron chi connectivity index (χ0n) is 17.2. The lowest BCUT2D eigenvalue weighted by Crippen LogP contribution is -2.15. The summed E-state index contributed by atoms with van der Waals surface area (Å²) >= 11 is 3.74. The van der Waals surface area contributed by atoms with Gasteiger partial charge in [-0.05, 0) is 86.0 Å². The van der Waals surface area contributed by atoms with E-state index in [1.807, 2.05) is 23.1 Å². The van der Waals surface area contributed by atoms with Crippen LogP contribution in [0.15, 0.2) is 65.6 Å². The third-order valence-corrected chi connectivity index (χ3v) is 7.38. The summed E-state index contributed by atoms with van der Waals surface area (Å²) in [6.45, 7) is 6.70. The van der Waals surface area contributed by atoms with Crippen LogP contribution in [0, 0.1) is 11.8 Å². The number of thiophene rings is 1. The van der Waals surface area contributed by atoms with E-state index in [1.54, 1.807) is 24.3 Å². The molecule has 0 radical (unpaired) electrons. The van der Waals surface area contributed by atoms with E-state index < -0.39 is 5.97 Å². The topological polar surface area (TPSA) is 37.3 Å². The third-order valence-electron chi connectivity index (χ3n) is 4.89. The molecule has 30 heavy (non-hydrogen) atoms. The van der Waals surface area contributed by atoms with Crippen LogP contribution in [-0.4, -0.2) is 15.8 Å². The first kappa shape index (κ1) is 20.5. The standard InChI is InChI=1S/C26H22O2S2/c1-4-20-12-14-23(29-20)22-16-26(2,3)30-24-13-9-18(15-21(22)24)6-5-17-7-10-19(11-8-17)25(27)28/h7-16H,4H2,1-3H3,(H,27,28). The zero-order chi connectivity index (χ0) is 21.3. The fourth-order valence-corrected chi connectivity index (χ4v) is 5.54. The van der Waals surface area contributed by atoms with Gasteiger partial charge in [-0.2, -0.15) is 0 Å². The Morgan fingerprint density at radius 3 is 2.37 bits per heavy atom. The number of hydrogen-bond donors (Lipinski definition) is 1. The van der Waals surface area contributed by atoms with Crippen molar-refractivity contribution in [2.24, 2.45) is 0 Å². The Hall–Kier alpha value is -2.74. The molecule has 0 amide bonds. The Balaban J connectivity index is 1.70. The van der Waals surface area contributed by atoms with Gasteiger partial charge in [-0.1, -0.05) is 24.8 Å². The maximum atomic E-state index is 11.0. The normalized spacial score (nSPS) is 14.3. The fraction of sp³-hybridized carbons (Fsp3) is 0.192. The smallest absolute Gasteiger partial charge is 0.335 e. The van der Waals surface area contributed by atoms with Crippen molar-refractivity contribution < 1.29 is 9.90 Å². The highest BCUT2D eigenvalue weighted by atomic mass is 32.2. The van der Waals surface area contributed by atoms with Crippen LogP contribution in [0.25, 0.3) is 5.57 Å². The second-order valence-corrected chi connectivity index (χ2v) is 10.6. The van der Waals surface area contributed by atoms with Crippen LogP contribution in [0.4, 0.5) is 0 Å². The lowest BCUT2D eigenvalue weighted by molar-refractivity contribution is 0.0697. The first-order valence-corrected chi connectivity index (χ1v) is 11.5. The molecule has 0 unspecified atom stereocenters. The Bertz CT molecular complexity index is 1200. The lowest BCUT2D eigenvalue weighted by atomic mass is 9.97. The molecule has 2 nitrogen and oxygen atoms in total. The molecule has 0 saturated carbocycles. The Kier molecular flexibility index (Phi) is 5.60. The van der Waals surface area contributed by atoms with E-state index in [1.165, 1.54) is 25.8 Å². The van der Waals surface area contributed by atoms with Crippen LogP contribution in [-0.2, 0) is 6.42 Å².